The van der Waals surface area contributed by atoms with E-state index in [-0.39, 0.29) is 0 Å². The first-order valence-corrected chi connectivity index (χ1v) is 6.41. The summed E-state index contributed by atoms with van der Waals surface area (Å²) in [5.41, 5.74) is 0. The molecule has 0 amide bonds. The summed E-state index contributed by atoms with van der Waals surface area (Å²) < 4.78 is 0. The minimum absolute atomic E-state index is 0.761. The summed E-state index contributed by atoms with van der Waals surface area (Å²) in [5, 5.41) is 4.18. The maximum atomic E-state index is 4.45. The average Bonchev–Trinajstić information content (AvgIpc) is 2.19. The van der Waals surface area contributed by atoms with E-state index in [1.807, 2.05) is 11.8 Å². The molecule has 1 rings (SSSR count). The lowest BCUT2D eigenvalue weighted by atomic mass is 10.2. The number of nitrogens with zero attached hydrogens (tertiary/aromatic N) is 1. The van der Waals surface area contributed by atoms with Crippen LogP contribution in [0.15, 0.2) is 4.99 Å². The third kappa shape index (κ3) is 4.55. The summed E-state index contributed by atoms with van der Waals surface area (Å²) in [6, 6.07) is 0. The van der Waals surface area contributed by atoms with Gasteiger partial charge in [-0.15, -0.1) is 0 Å². The van der Waals surface area contributed by atoms with Crippen molar-refractivity contribution in [3.05, 3.63) is 0 Å². The molecule has 0 aromatic heterocycles. The molecule has 0 saturated carbocycles. The fraction of sp³-hybridized carbons (Fsp3) is 0.900. The molecule has 2 nitrogen and oxygen atoms in total. The van der Waals surface area contributed by atoms with Crippen molar-refractivity contribution in [3.63, 3.8) is 0 Å². The van der Waals surface area contributed by atoms with Gasteiger partial charge in [0.25, 0.3) is 0 Å². The van der Waals surface area contributed by atoms with Crippen molar-refractivity contribution in [2.45, 2.75) is 37.9 Å². The lowest BCUT2D eigenvalue weighted by Gasteiger charge is -2.15. The van der Waals surface area contributed by atoms with Gasteiger partial charge in [0.15, 0.2) is 0 Å². The molecule has 3 heteroatoms. The maximum Gasteiger partial charge on any atom is 0.0963 e. The second-order valence-corrected chi connectivity index (χ2v) is 4.82. The van der Waals surface area contributed by atoms with Gasteiger partial charge in [-0.3, -0.25) is 4.99 Å². The first-order chi connectivity index (χ1) is 6.33. The Morgan fingerprint density at radius 1 is 1.54 bits per heavy atom. The van der Waals surface area contributed by atoms with Crippen LogP contribution in [-0.4, -0.2) is 30.4 Å². The predicted molar refractivity (Wildman–Crippen MR) is 61.7 cm³/mol. The first-order valence-electron chi connectivity index (χ1n) is 5.13. The smallest absolute Gasteiger partial charge is 0.0963 e. The molecule has 1 aliphatic rings. The van der Waals surface area contributed by atoms with E-state index in [0.29, 0.717) is 0 Å². The van der Waals surface area contributed by atoms with Crippen LogP contribution in [0.5, 0.6) is 0 Å². The van der Waals surface area contributed by atoms with Gasteiger partial charge in [-0.05, 0) is 25.5 Å². The summed E-state index contributed by atoms with van der Waals surface area (Å²) in [4.78, 5) is 4.45. The molecule has 0 spiro atoms. The third-order valence-corrected chi connectivity index (χ3v) is 3.45. The van der Waals surface area contributed by atoms with E-state index in [9.17, 15) is 0 Å². The Labute approximate surface area is 85.6 Å². The second kappa shape index (κ2) is 6.30. The van der Waals surface area contributed by atoms with Crippen LogP contribution in [0.3, 0.4) is 0 Å². The molecule has 0 aliphatic carbocycles. The first kappa shape index (κ1) is 10.9. The molecule has 0 radical (unpaired) electrons. The summed E-state index contributed by atoms with van der Waals surface area (Å²) in [7, 11) is 0. The van der Waals surface area contributed by atoms with E-state index in [1.165, 1.54) is 25.1 Å². The van der Waals surface area contributed by atoms with E-state index in [0.717, 1.165) is 24.8 Å². The van der Waals surface area contributed by atoms with Crippen molar-refractivity contribution >= 4 is 17.6 Å². The van der Waals surface area contributed by atoms with E-state index in [1.54, 1.807) is 0 Å². The quantitative estimate of drug-likeness (QED) is 0.753. The fourth-order valence-electron chi connectivity index (χ4n) is 1.38. The monoisotopic (exact) mass is 200 g/mol. The molecule has 1 aliphatic heterocycles. The minimum atomic E-state index is 0.761. The van der Waals surface area contributed by atoms with E-state index >= 15 is 0 Å². The summed E-state index contributed by atoms with van der Waals surface area (Å²) in [6.45, 7) is 4.39. The summed E-state index contributed by atoms with van der Waals surface area (Å²) in [6.07, 6.45) is 7.15. The van der Waals surface area contributed by atoms with Crippen LogP contribution in [0.2, 0.25) is 0 Å². The Kier molecular flexibility index (Phi) is 5.28. The number of nitrogens with one attached hydrogen (secondary N) is 1. The topological polar surface area (TPSA) is 24.4 Å². The van der Waals surface area contributed by atoms with Crippen molar-refractivity contribution in [1.29, 1.82) is 0 Å². The number of rotatable bonds is 4. The second-order valence-electron chi connectivity index (χ2n) is 3.55. The summed E-state index contributed by atoms with van der Waals surface area (Å²) in [5.74, 6) is 1.24. The molecule has 0 aromatic carbocycles. The van der Waals surface area contributed by atoms with Crippen LogP contribution in [0, 0.1) is 0 Å². The molecule has 13 heavy (non-hydrogen) atoms. The molecule has 0 aromatic rings. The standard InChI is InChI=1S/C10H20N2S/c1-9(13-2)6-8-12-10-5-3-4-7-11-10/h9H,3-8H2,1-2H3,(H,11,12). The zero-order valence-corrected chi connectivity index (χ0v) is 9.49. The highest BCUT2D eigenvalue weighted by molar-refractivity contribution is 7.99. The highest BCUT2D eigenvalue weighted by Gasteiger charge is 2.04. The lowest BCUT2D eigenvalue weighted by Crippen LogP contribution is -2.27. The lowest BCUT2D eigenvalue weighted by molar-refractivity contribution is 0.690. The van der Waals surface area contributed by atoms with Gasteiger partial charge >= 0.3 is 0 Å². The van der Waals surface area contributed by atoms with E-state index in [4.69, 9.17) is 0 Å². The SMILES string of the molecule is CSC(C)CCNC1=NCCCC1. The van der Waals surface area contributed by atoms with Gasteiger partial charge in [0.05, 0.1) is 5.84 Å². The van der Waals surface area contributed by atoms with Crippen molar-refractivity contribution in [3.8, 4) is 0 Å². The van der Waals surface area contributed by atoms with Crippen LogP contribution in [-0.2, 0) is 0 Å². The van der Waals surface area contributed by atoms with Gasteiger partial charge in [0, 0.05) is 24.8 Å². The number of thioether (sulfide) groups is 1. The molecule has 1 atom stereocenters. The van der Waals surface area contributed by atoms with Crippen LogP contribution in [0.4, 0.5) is 0 Å². The van der Waals surface area contributed by atoms with Crippen molar-refractivity contribution in [1.82, 2.24) is 5.32 Å². The predicted octanol–water partition coefficient (Wildman–Crippen LogP) is 2.30. The van der Waals surface area contributed by atoms with E-state index < -0.39 is 0 Å². The Morgan fingerprint density at radius 3 is 3.00 bits per heavy atom. The fourth-order valence-corrected chi connectivity index (χ4v) is 1.73. The van der Waals surface area contributed by atoms with Gasteiger partial charge in [-0.25, -0.2) is 0 Å². The molecule has 1 unspecified atom stereocenters. The molecular formula is C10H20N2S. The highest BCUT2D eigenvalue weighted by Crippen LogP contribution is 2.09. The Bertz CT molecular complexity index is 168. The van der Waals surface area contributed by atoms with Gasteiger partial charge in [0.2, 0.25) is 0 Å². The third-order valence-electron chi connectivity index (χ3n) is 2.41. The van der Waals surface area contributed by atoms with Crippen LogP contribution in [0.25, 0.3) is 0 Å². The van der Waals surface area contributed by atoms with Gasteiger partial charge in [0.1, 0.15) is 0 Å². The van der Waals surface area contributed by atoms with Crippen molar-refractivity contribution in [2.24, 2.45) is 4.99 Å². The van der Waals surface area contributed by atoms with Gasteiger partial charge in [-0.1, -0.05) is 6.92 Å². The molecule has 0 bridgehead atoms. The molecule has 1 heterocycles. The highest BCUT2D eigenvalue weighted by atomic mass is 32.2. The van der Waals surface area contributed by atoms with Crippen molar-refractivity contribution < 1.29 is 0 Å². The normalized spacial score (nSPS) is 19.4. The maximum absolute atomic E-state index is 4.45. The zero-order chi connectivity index (χ0) is 9.52. The average molecular weight is 200 g/mol. The minimum Gasteiger partial charge on any atom is -0.374 e. The van der Waals surface area contributed by atoms with Crippen LogP contribution < -0.4 is 5.32 Å². The number of hydrogen-bond donors (Lipinski definition) is 1. The Hall–Kier alpha value is -0.180. The number of aliphatic imine (C=N–C) groups is 1. The molecule has 0 saturated heterocycles. The zero-order valence-electron chi connectivity index (χ0n) is 8.68. The van der Waals surface area contributed by atoms with Gasteiger partial charge in [-0.2, -0.15) is 11.8 Å². The van der Waals surface area contributed by atoms with Gasteiger partial charge < -0.3 is 5.32 Å². The molecule has 76 valence electrons. The molecular weight excluding hydrogens is 180 g/mol. The molecule has 1 N–H and O–H groups in total. The largest absolute Gasteiger partial charge is 0.374 e. The van der Waals surface area contributed by atoms with Crippen LogP contribution >= 0.6 is 11.8 Å². The Morgan fingerprint density at radius 2 is 2.38 bits per heavy atom. The molecule has 0 fully saturated rings. The van der Waals surface area contributed by atoms with E-state index in [2.05, 4.69) is 23.5 Å². The van der Waals surface area contributed by atoms with Crippen LogP contribution in [0.1, 0.15) is 32.6 Å². The summed E-state index contributed by atoms with van der Waals surface area (Å²) >= 11 is 1.93. The van der Waals surface area contributed by atoms with Crippen molar-refractivity contribution in [2.75, 3.05) is 19.3 Å². The number of hydrogen-bond acceptors (Lipinski definition) is 3. The number of amidine groups is 1. The Balaban J connectivity index is 2.08.